The summed E-state index contributed by atoms with van der Waals surface area (Å²) >= 11 is 0. The van der Waals surface area contributed by atoms with E-state index in [-0.39, 0.29) is 5.82 Å². The smallest absolute Gasteiger partial charge is 0.125 e. The average Bonchev–Trinajstić information content (AvgIpc) is 3.02. The van der Waals surface area contributed by atoms with Crippen LogP contribution in [0.3, 0.4) is 0 Å². The second-order valence-corrected chi connectivity index (χ2v) is 3.53. The molecule has 2 heterocycles. The first-order chi connectivity index (χ1) is 8.34. The Morgan fingerprint density at radius 3 is 2.12 bits per heavy atom. The van der Waals surface area contributed by atoms with E-state index < -0.39 is 0 Å². The maximum Gasteiger partial charge on any atom is 0.125 e. The van der Waals surface area contributed by atoms with Crippen molar-refractivity contribution in [3.63, 3.8) is 0 Å². The van der Waals surface area contributed by atoms with Crippen LogP contribution in [0.4, 0.5) is 4.39 Å². The van der Waals surface area contributed by atoms with Crippen molar-refractivity contribution in [2.45, 2.75) is 0 Å². The fourth-order valence-corrected chi connectivity index (χ4v) is 1.70. The van der Waals surface area contributed by atoms with E-state index in [1.807, 2.05) is 6.07 Å². The van der Waals surface area contributed by atoms with Gasteiger partial charge in [-0.1, -0.05) is 0 Å². The Morgan fingerprint density at radius 2 is 1.53 bits per heavy atom. The molecule has 3 aromatic rings. The third kappa shape index (κ3) is 1.71. The molecule has 3 rings (SSSR count). The quantitative estimate of drug-likeness (QED) is 0.674. The van der Waals surface area contributed by atoms with E-state index >= 15 is 0 Å². The molecule has 0 spiro atoms. The van der Waals surface area contributed by atoms with Gasteiger partial charge in [-0.05, 0) is 24.3 Å². The number of aromatic nitrogens is 4. The van der Waals surface area contributed by atoms with Crippen LogP contribution >= 0.6 is 0 Å². The van der Waals surface area contributed by atoms with E-state index in [0.29, 0.717) is 5.69 Å². The fourth-order valence-electron chi connectivity index (χ4n) is 1.70. The largest absolute Gasteiger partial charge is 0.239 e. The fraction of sp³-hybridized carbons (Fsp3) is 0. The molecular weight excluding hydrogens is 219 g/mol. The molecule has 0 bridgehead atoms. The van der Waals surface area contributed by atoms with Crippen molar-refractivity contribution in [2.24, 2.45) is 0 Å². The van der Waals surface area contributed by atoms with Crippen molar-refractivity contribution in [3.05, 3.63) is 60.9 Å². The predicted molar refractivity (Wildman–Crippen MR) is 60.6 cm³/mol. The molecule has 0 aliphatic heterocycles. The van der Waals surface area contributed by atoms with Crippen molar-refractivity contribution >= 4 is 0 Å². The number of benzene rings is 1. The summed E-state index contributed by atoms with van der Waals surface area (Å²) in [5, 5.41) is 8.25. The van der Waals surface area contributed by atoms with Gasteiger partial charge in [-0.15, -0.1) is 0 Å². The van der Waals surface area contributed by atoms with Gasteiger partial charge in [0.2, 0.25) is 0 Å². The third-order valence-electron chi connectivity index (χ3n) is 2.44. The van der Waals surface area contributed by atoms with E-state index in [9.17, 15) is 4.39 Å². The molecule has 0 radical (unpaired) electrons. The number of hydrogen-bond acceptors (Lipinski definition) is 2. The van der Waals surface area contributed by atoms with Gasteiger partial charge < -0.3 is 0 Å². The lowest BCUT2D eigenvalue weighted by Crippen LogP contribution is -2.04. The summed E-state index contributed by atoms with van der Waals surface area (Å²) in [7, 11) is 0. The molecule has 4 nitrogen and oxygen atoms in total. The molecule has 5 heteroatoms. The molecule has 2 aromatic heterocycles. The lowest BCUT2D eigenvalue weighted by atomic mass is 10.2. The van der Waals surface area contributed by atoms with E-state index in [2.05, 4.69) is 10.2 Å². The minimum absolute atomic E-state index is 0.300. The SMILES string of the molecule is Fc1ccc(-n2cccn2)c(-n2cccn2)c1. The van der Waals surface area contributed by atoms with E-state index in [0.717, 1.165) is 5.69 Å². The van der Waals surface area contributed by atoms with Gasteiger partial charge in [0.25, 0.3) is 0 Å². The molecule has 0 unspecified atom stereocenters. The van der Waals surface area contributed by atoms with Gasteiger partial charge in [0, 0.05) is 30.9 Å². The van der Waals surface area contributed by atoms with Crippen LogP contribution < -0.4 is 0 Å². The highest BCUT2D eigenvalue weighted by Crippen LogP contribution is 2.18. The molecule has 84 valence electrons. The maximum atomic E-state index is 13.3. The van der Waals surface area contributed by atoms with Gasteiger partial charge in [0.05, 0.1) is 11.4 Å². The maximum absolute atomic E-state index is 13.3. The number of halogens is 1. The summed E-state index contributed by atoms with van der Waals surface area (Å²) in [6.07, 6.45) is 6.90. The molecule has 0 fully saturated rings. The van der Waals surface area contributed by atoms with Crippen molar-refractivity contribution < 1.29 is 4.39 Å². The van der Waals surface area contributed by atoms with Gasteiger partial charge in [-0.2, -0.15) is 10.2 Å². The highest BCUT2D eigenvalue weighted by atomic mass is 19.1. The van der Waals surface area contributed by atoms with Gasteiger partial charge in [0.15, 0.2) is 0 Å². The molecule has 0 aliphatic carbocycles. The summed E-state index contributed by atoms with van der Waals surface area (Å²) in [5.74, 6) is -0.300. The number of nitrogens with zero attached hydrogens (tertiary/aromatic N) is 4. The summed E-state index contributed by atoms with van der Waals surface area (Å²) in [5.41, 5.74) is 1.43. The van der Waals surface area contributed by atoms with E-state index in [4.69, 9.17) is 0 Å². The topological polar surface area (TPSA) is 35.6 Å². The van der Waals surface area contributed by atoms with Crippen molar-refractivity contribution in [1.82, 2.24) is 19.6 Å². The summed E-state index contributed by atoms with van der Waals surface area (Å²) in [4.78, 5) is 0. The Labute approximate surface area is 96.9 Å². The van der Waals surface area contributed by atoms with Crippen LogP contribution in [-0.2, 0) is 0 Å². The van der Waals surface area contributed by atoms with Gasteiger partial charge in [-0.3, -0.25) is 0 Å². The normalized spacial score (nSPS) is 10.6. The van der Waals surface area contributed by atoms with E-state index in [1.54, 1.807) is 46.3 Å². The van der Waals surface area contributed by atoms with Crippen LogP contribution in [0.5, 0.6) is 0 Å². The van der Waals surface area contributed by atoms with E-state index in [1.165, 1.54) is 12.1 Å². The monoisotopic (exact) mass is 228 g/mol. The van der Waals surface area contributed by atoms with Crippen molar-refractivity contribution in [2.75, 3.05) is 0 Å². The highest BCUT2D eigenvalue weighted by Gasteiger charge is 2.08. The van der Waals surface area contributed by atoms with Crippen LogP contribution in [0.25, 0.3) is 11.4 Å². The molecule has 0 saturated carbocycles. The molecule has 0 N–H and O–H groups in total. The summed E-state index contributed by atoms with van der Waals surface area (Å²) in [6, 6.07) is 8.13. The zero-order valence-corrected chi connectivity index (χ0v) is 8.86. The second kappa shape index (κ2) is 3.86. The van der Waals surface area contributed by atoms with Crippen LogP contribution in [-0.4, -0.2) is 19.6 Å². The summed E-state index contributed by atoms with van der Waals surface area (Å²) in [6.45, 7) is 0. The Balaban J connectivity index is 2.22. The zero-order valence-electron chi connectivity index (χ0n) is 8.86. The van der Waals surface area contributed by atoms with Crippen LogP contribution in [0.2, 0.25) is 0 Å². The standard InChI is InChI=1S/C12H9FN4/c13-10-3-4-11(16-7-1-5-14-16)12(9-10)17-8-2-6-15-17/h1-9H. The predicted octanol–water partition coefficient (Wildman–Crippen LogP) is 2.20. The Bertz CT molecular complexity index is 614. The highest BCUT2D eigenvalue weighted by molar-refractivity contribution is 5.51. The van der Waals surface area contributed by atoms with Crippen molar-refractivity contribution in [3.8, 4) is 11.4 Å². The first kappa shape index (κ1) is 9.77. The third-order valence-corrected chi connectivity index (χ3v) is 2.44. The minimum atomic E-state index is -0.300. The molecule has 17 heavy (non-hydrogen) atoms. The lowest BCUT2D eigenvalue weighted by Gasteiger charge is -2.09. The first-order valence-corrected chi connectivity index (χ1v) is 5.14. The van der Waals surface area contributed by atoms with Gasteiger partial charge >= 0.3 is 0 Å². The number of hydrogen-bond donors (Lipinski definition) is 0. The Kier molecular flexibility index (Phi) is 2.22. The minimum Gasteiger partial charge on any atom is -0.239 e. The van der Waals surface area contributed by atoms with Crippen LogP contribution in [0.1, 0.15) is 0 Å². The van der Waals surface area contributed by atoms with Crippen molar-refractivity contribution in [1.29, 1.82) is 0 Å². The lowest BCUT2D eigenvalue weighted by molar-refractivity contribution is 0.624. The van der Waals surface area contributed by atoms with Crippen LogP contribution in [0.15, 0.2) is 55.1 Å². The van der Waals surface area contributed by atoms with Gasteiger partial charge in [0.1, 0.15) is 5.82 Å². The molecule has 1 aromatic carbocycles. The Hall–Kier alpha value is -2.43. The number of rotatable bonds is 2. The average molecular weight is 228 g/mol. The zero-order chi connectivity index (χ0) is 11.7. The van der Waals surface area contributed by atoms with Gasteiger partial charge in [-0.25, -0.2) is 13.8 Å². The molecule has 0 saturated heterocycles. The molecule has 0 amide bonds. The summed E-state index contributed by atoms with van der Waals surface area (Å²) < 4.78 is 16.6. The second-order valence-electron chi connectivity index (χ2n) is 3.53. The molecule has 0 aliphatic rings. The molecular formula is C12H9FN4. The van der Waals surface area contributed by atoms with Crippen LogP contribution in [0, 0.1) is 5.82 Å². The Morgan fingerprint density at radius 1 is 0.882 bits per heavy atom. The molecule has 0 atom stereocenters. The first-order valence-electron chi connectivity index (χ1n) is 5.14.